The van der Waals surface area contributed by atoms with Crippen molar-refractivity contribution in [1.82, 2.24) is 9.88 Å². The van der Waals surface area contributed by atoms with Gasteiger partial charge in [-0.05, 0) is 73.3 Å². The van der Waals surface area contributed by atoms with Crippen molar-refractivity contribution in [3.63, 3.8) is 0 Å². The van der Waals surface area contributed by atoms with E-state index in [4.69, 9.17) is 4.74 Å². The van der Waals surface area contributed by atoms with Crippen LogP contribution in [0.5, 0.6) is 0 Å². The SMILES string of the molecule is CC(C)(C)[C@H]1CC[C@H](N2Cc3cc(NC(=O)c4cccc(C(F)(F)F)n4)c(N4C[C@@H]5C[C@H]4CO5)cc3C2=O)CC1. The lowest BCUT2D eigenvalue weighted by molar-refractivity contribution is -0.141. The average Bonchev–Trinajstić information content (AvgIpc) is 3.62. The number of rotatable bonds is 4. The summed E-state index contributed by atoms with van der Waals surface area (Å²) in [5.74, 6) is -0.0856. The number of nitrogens with zero attached hydrogens (tertiary/aromatic N) is 3. The molecule has 1 aliphatic carbocycles. The van der Waals surface area contributed by atoms with Gasteiger partial charge in [-0.2, -0.15) is 13.2 Å². The Balaban J connectivity index is 1.28. The highest BCUT2D eigenvalue weighted by Gasteiger charge is 2.42. The van der Waals surface area contributed by atoms with Crippen LogP contribution in [0.4, 0.5) is 24.5 Å². The van der Waals surface area contributed by atoms with Crippen molar-refractivity contribution in [2.24, 2.45) is 11.3 Å². The molecule has 2 saturated heterocycles. The van der Waals surface area contributed by atoms with Crippen molar-refractivity contribution < 1.29 is 27.5 Å². The normalized spacial score (nSPS) is 26.4. The number of morpholine rings is 1. The predicted octanol–water partition coefficient (Wildman–Crippen LogP) is 5.89. The Labute approximate surface area is 232 Å². The number of pyridine rings is 1. The number of carbonyl (C=O) groups excluding carboxylic acids is 2. The fourth-order valence-electron chi connectivity index (χ4n) is 6.86. The largest absolute Gasteiger partial charge is 0.433 e. The van der Waals surface area contributed by atoms with Crippen LogP contribution in [0.15, 0.2) is 30.3 Å². The summed E-state index contributed by atoms with van der Waals surface area (Å²) < 4.78 is 45.4. The van der Waals surface area contributed by atoms with Gasteiger partial charge in [-0.25, -0.2) is 4.98 Å². The van der Waals surface area contributed by atoms with Crippen molar-refractivity contribution in [2.45, 2.75) is 83.8 Å². The summed E-state index contributed by atoms with van der Waals surface area (Å²) in [6.45, 7) is 8.47. The van der Waals surface area contributed by atoms with Crippen molar-refractivity contribution in [2.75, 3.05) is 23.4 Å². The molecular formula is C30H35F3N4O3. The topological polar surface area (TPSA) is 74.8 Å². The average molecular weight is 557 g/mol. The minimum Gasteiger partial charge on any atom is -0.374 e. The van der Waals surface area contributed by atoms with E-state index in [1.165, 1.54) is 12.1 Å². The molecule has 0 unspecified atom stereocenters. The lowest BCUT2D eigenvalue weighted by Crippen LogP contribution is -2.40. The van der Waals surface area contributed by atoms with E-state index < -0.39 is 17.8 Å². The Kier molecular flexibility index (Phi) is 6.59. The molecule has 6 rings (SSSR count). The Morgan fingerprint density at radius 3 is 2.42 bits per heavy atom. The molecule has 214 valence electrons. The second kappa shape index (κ2) is 9.75. The van der Waals surface area contributed by atoms with Crippen LogP contribution in [0.2, 0.25) is 0 Å². The summed E-state index contributed by atoms with van der Waals surface area (Å²) in [5, 5.41) is 2.82. The molecular weight excluding hydrogens is 521 g/mol. The molecule has 1 aromatic carbocycles. The van der Waals surface area contributed by atoms with Crippen LogP contribution >= 0.6 is 0 Å². The Bertz CT molecular complexity index is 1330. The van der Waals surface area contributed by atoms with Crippen molar-refractivity contribution in [3.05, 3.63) is 52.8 Å². The van der Waals surface area contributed by atoms with Crippen LogP contribution in [0.25, 0.3) is 0 Å². The van der Waals surface area contributed by atoms with Crippen LogP contribution in [0.1, 0.15) is 85.0 Å². The van der Waals surface area contributed by atoms with Gasteiger partial charge in [-0.3, -0.25) is 9.59 Å². The van der Waals surface area contributed by atoms with E-state index in [0.717, 1.165) is 43.7 Å². The van der Waals surface area contributed by atoms with Crippen LogP contribution in [-0.2, 0) is 17.5 Å². The zero-order valence-corrected chi connectivity index (χ0v) is 23.1. The number of anilines is 2. The minimum atomic E-state index is -4.65. The van der Waals surface area contributed by atoms with Crippen LogP contribution in [-0.4, -0.2) is 53.0 Å². The highest BCUT2D eigenvalue weighted by Crippen LogP contribution is 2.43. The third-order valence-electron chi connectivity index (χ3n) is 9.15. The summed E-state index contributed by atoms with van der Waals surface area (Å²) >= 11 is 0. The van der Waals surface area contributed by atoms with Gasteiger partial charge in [0.25, 0.3) is 11.8 Å². The number of hydrogen-bond acceptors (Lipinski definition) is 5. The number of alkyl halides is 3. The quantitative estimate of drug-likeness (QED) is 0.508. The van der Waals surface area contributed by atoms with E-state index in [0.29, 0.717) is 42.6 Å². The first kappa shape index (κ1) is 27.1. The first-order valence-corrected chi connectivity index (χ1v) is 14.1. The van der Waals surface area contributed by atoms with Crippen molar-refractivity contribution >= 4 is 23.2 Å². The van der Waals surface area contributed by atoms with E-state index in [-0.39, 0.29) is 35.2 Å². The third kappa shape index (κ3) is 4.95. The lowest BCUT2D eigenvalue weighted by Gasteiger charge is -2.39. The van der Waals surface area contributed by atoms with Gasteiger partial charge in [0.2, 0.25) is 0 Å². The molecule has 4 aliphatic rings. The minimum absolute atomic E-state index is 0.00786. The summed E-state index contributed by atoms with van der Waals surface area (Å²) in [5.41, 5.74) is 1.43. The molecule has 1 N–H and O–H groups in total. The van der Waals surface area contributed by atoms with Crippen LogP contribution in [0.3, 0.4) is 0 Å². The number of amides is 2. The Morgan fingerprint density at radius 2 is 1.80 bits per heavy atom. The molecule has 2 atom stereocenters. The molecule has 2 aromatic rings. The number of carbonyl (C=O) groups is 2. The fourth-order valence-corrected chi connectivity index (χ4v) is 6.86. The number of benzene rings is 1. The smallest absolute Gasteiger partial charge is 0.374 e. The second-order valence-corrected chi connectivity index (χ2v) is 12.7. The number of ether oxygens (including phenoxy) is 1. The molecule has 7 nitrogen and oxygen atoms in total. The first-order valence-electron chi connectivity index (χ1n) is 14.1. The van der Waals surface area contributed by atoms with Crippen molar-refractivity contribution in [3.8, 4) is 0 Å². The second-order valence-electron chi connectivity index (χ2n) is 12.7. The standard InChI is InChI=1S/C30H35F3N4O3/c1-29(2,3)18-7-9-19(10-8-18)37-14-17-11-24(35-27(38)23-5-4-6-26(34-23)30(31,32)33)25(13-22(17)28(37)39)36-15-21-12-20(36)16-40-21/h4-6,11,13,18-21H,7-10,12,14-16H2,1-3H3,(H,35,38)/t18-,19-,20-,21-/m0/s1. The number of nitrogens with one attached hydrogen (secondary N) is 1. The molecule has 10 heteroatoms. The molecule has 1 aromatic heterocycles. The zero-order chi connectivity index (χ0) is 28.4. The molecule has 3 fully saturated rings. The van der Waals surface area contributed by atoms with Gasteiger partial charge in [0.15, 0.2) is 0 Å². The summed E-state index contributed by atoms with van der Waals surface area (Å²) in [7, 11) is 0. The van der Waals surface area contributed by atoms with E-state index in [1.807, 2.05) is 17.0 Å². The van der Waals surface area contributed by atoms with E-state index in [1.54, 1.807) is 0 Å². The molecule has 40 heavy (non-hydrogen) atoms. The van der Waals surface area contributed by atoms with E-state index >= 15 is 0 Å². The van der Waals surface area contributed by atoms with E-state index in [9.17, 15) is 22.8 Å². The molecule has 0 spiro atoms. The number of aromatic nitrogens is 1. The maximum absolute atomic E-state index is 13.7. The maximum Gasteiger partial charge on any atom is 0.433 e. The monoisotopic (exact) mass is 556 g/mol. The van der Waals surface area contributed by atoms with Gasteiger partial charge in [-0.1, -0.05) is 26.8 Å². The van der Waals surface area contributed by atoms with Crippen molar-refractivity contribution in [1.29, 1.82) is 0 Å². The highest BCUT2D eigenvalue weighted by atomic mass is 19.4. The number of hydrogen-bond donors (Lipinski definition) is 1. The number of halogens is 3. The molecule has 3 aliphatic heterocycles. The number of fused-ring (bicyclic) bond motifs is 3. The summed E-state index contributed by atoms with van der Waals surface area (Å²) in [4.78, 5) is 34.5. The van der Waals surface area contributed by atoms with Gasteiger partial charge in [0.05, 0.1) is 30.1 Å². The summed E-state index contributed by atoms with van der Waals surface area (Å²) in [6, 6.07) is 7.25. The van der Waals surface area contributed by atoms with Crippen LogP contribution < -0.4 is 10.2 Å². The lowest BCUT2D eigenvalue weighted by atomic mass is 9.71. The van der Waals surface area contributed by atoms with Gasteiger partial charge in [0.1, 0.15) is 11.4 Å². The van der Waals surface area contributed by atoms with Gasteiger partial charge < -0.3 is 19.9 Å². The maximum atomic E-state index is 13.7. The zero-order valence-electron chi connectivity index (χ0n) is 23.1. The van der Waals surface area contributed by atoms with Gasteiger partial charge in [-0.15, -0.1) is 0 Å². The van der Waals surface area contributed by atoms with Gasteiger partial charge in [0, 0.05) is 24.7 Å². The Morgan fingerprint density at radius 1 is 1.05 bits per heavy atom. The van der Waals surface area contributed by atoms with E-state index in [2.05, 4.69) is 36.0 Å². The van der Waals surface area contributed by atoms with Gasteiger partial charge >= 0.3 is 6.18 Å². The molecule has 4 heterocycles. The fraction of sp³-hybridized carbons (Fsp3) is 0.567. The summed E-state index contributed by atoms with van der Waals surface area (Å²) in [6.07, 6.45) is 0.385. The molecule has 2 amide bonds. The Hall–Kier alpha value is -3.14. The predicted molar refractivity (Wildman–Crippen MR) is 144 cm³/mol. The molecule has 2 bridgehead atoms. The molecule has 0 radical (unpaired) electrons. The first-order chi connectivity index (χ1) is 18.9. The molecule has 1 saturated carbocycles. The van der Waals surface area contributed by atoms with Crippen LogP contribution in [0, 0.1) is 11.3 Å². The third-order valence-corrected chi connectivity index (χ3v) is 9.15. The highest BCUT2D eigenvalue weighted by molar-refractivity contribution is 6.07.